The van der Waals surface area contributed by atoms with Crippen LogP contribution in [0.2, 0.25) is 5.02 Å². The number of nitrogens with zero attached hydrogens (tertiary/aromatic N) is 2. The average Bonchev–Trinajstić information content (AvgIpc) is 2.37. The molecule has 1 aliphatic heterocycles. The molecule has 6 nitrogen and oxygen atoms in total. The molecule has 2 rings (SSSR count). The molecule has 1 fully saturated rings. The normalized spacial score (nSPS) is 22.6. The van der Waals surface area contributed by atoms with Gasteiger partial charge in [0.25, 0.3) is 5.69 Å². The quantitative estimate of drug-likeness (QED) is 0.685. The molecule has 20 heavy (non-hydrogen) atoms. The van der Waals surface area contributed by atoms with Gasteiger partial charge in [-0.2, -0.15) is 0 Å². The summed E-state index contributed by atoms with van der Waals surface area (Å²) >= 11 is 5.79. The number of hydrogen-bond acceptors (Lipinski definition) is 4. The van der Waals surface area contributed by atoms with Crippen LogP contribution in [-0.2, 0) is 4.79 Å². The molecule has 1 heterocycles. The summed E-state index contributed by atoms with van der Waals surface area (Å²) in [5.74, 6) is -1.02. The van der Waals surface area contributed by atoms with Gasteiger partial charge in [0.05, 0.1) is 4.92 Å². The van der Waals surface area contributed by atoms with Crippen molar-refractivity contribution in [3.63, 3.8) is 0 Å². The van der Waals surface area contributed by atoms with E-state index in [1.165, 1.54) is 12.1 Å². The van der Waals surface area contributed by atoms with E-state index in [2.05, 4.69) is 0 Å². The monoisotopic (exact) mass is 298 g/mol. The second-order valence-electron chi connectivity index (χ2n) is 4.99. The van der Waals surface area contributed by atoms with Gasteiger partial charge in [-0.25, -0.2) is 4.79 Å². The van der Waals surface area contributed by atoms with Crippen LogP contribution in [0.15, 0.2) is 18.2 Å². The first-order valence-corrected chi connectivity index (χ1v) is 6.73. The predicted molar refractivity (Wildman–Crippen MR) is 75.3 cm³/mol. The Morgan fingerprint density at radius 3 is 2.85 bits per heavy atom. The van der Waals surface area contributed by atoms with E-state index in [-0.39, 0.29) is 16.6 Å². The Hall–Kier alpha value is -1.82. The molecule has 0 amide bonds. The van der Waals surface area contributed by atoms with E-state index < -0.39 is 16.9 Å². The number of halogens is 1. The molecule has 1 aliphatic rings. The van der Waals surface area contributed by atoms with E-state index in [1.54, 1.807) is 11.0 Å². The molecule has 0 radical (unpaired) electrons. The van der Waals surface area contributed by atoms with E-state index in [9.17, 15) is 20.0 Å². The molecule has 1 saturated heterocycles. The van der Waals surface area contributed by atoms with Crippen LogP contribution in [0, 0.1) is 16.0 Å². The first-order chi connectivity index (χ1) is 9.41. The zero-order valence-electron chi connectivity index (χ0n) is 11.0. The van der Waals surface area contributed by atoms with Crippen LogP contribution in [0.4, 0.5) is 11.4 Å². The summed E-state index contributed by atoms with van der Waals surface area (Å²) in [6.45, 7) is 2.34. The third-order valence-corrected chi connectivity index (χ3v) is 3.86. The lowest BCUT2D eigenvalue weighted by Crippen LogP contribution is -2.49. The van der Waals surface area contributed by atoms with Gasteiger partial charge in [0.15, 0.2) is 0 Å². The first-order valence-electron chi connectivity index (χ1n) is 6.35. The van der Waals surface area contributed by atoms with E-state index in [0.717, 1.165) is 12.8 Å². The number of benzene rings is 1. The number of nitro benzene ring substituents is 1. The molecule has 0 saturated carbocycles. The molecule has 0 spiro atoms. The van der Waals surface area contributed by atoms with Crippen LogP contribution in [0.5, 0.6) is 0 Å². The number of carboxylic acids is 1. The maximum absolute atomic E-state index is 11.5. The van der Waals surface area contributed by atoms with Crippen molar-refractivity contribution in [1.29, 1.82) is 0 Å². The zero-order chi connectivity index (χ0) is 14.9. The smallest absolute Gasteiger partial charge is 0.326 e. The largest absolute Gasteiger partial charge is 0.480 e. The van der Waals surface area contributed by atoms with Crippen LogP contribution in [0.3, 0.4) is 0 Å². The van der Waals surface area contributed by atoms with Crippen molar-refractivity contribution in [2.75, 3.05) is 11.4 Å². The van der Waals surface area contributed by atoms with Crippen LogP contribution in [0.25, 0.3) is 0 Å². The molecular weight excluding hydrogens is 284 g/mol. The number of hydrogen-bond donors (Lipinski definition) is 1. The number of carboxylic acid groups (broad SMARTS) is 1. The number of anilines is 1. The van der Waals surface area contributed by atoms with Crippen LogP contribution in [0.1, 0.15) is 19.8 Å². The number of aliphatic carboxylic acids is 1. The Morgan fingerprint density at radius 2 is 2.25 bits per heavy atom. The molecule has 0 aromatic heterocycles. The average molecular weight is 299 g/mol. The molecule has 2 unspecified atom stereocenters. The van der Waals surface area contributed by atoms with Gasteiger partial charge in [-0.05, 0) is 30.9 Å². The highest BCUT2D eigenvalue weighted by Crippen LogP contribution is 2.36. The van der Waals surface area contributed by atoms with Crippen molar-refractivity contribution in [2.24, 2.45) is 5.92 Å². The van der Waals surface area contributed by atoms with Gasteiger partial charge in [-0.1, -0.05) is 18.5 Å². The second-order valence-corrected chi connectivity index (χ2v) is 5.42. The van der Waals surface area contributed by atoms with Crippen molar-refractivity contribution in [2.45, 2.75) is 25.8 Å². The molecule has 1 N–H and O–H groups in total. The van der Waals surface area contributed by atoms with Crippen molar-refractivity contribution >= 4 is 28.9 Å². The Labute approximate surface area is 121 Å². The van der Waals surface area contributed by atoms with Gasteiger partial charge in [-0.3, -0.25) is 10.1 Å². The third kappa shape index (κ3) is 2.70. The van der Waals surface area contributed by atoms with Gasteiger partial charge < -0.3 is 10.0 Å². The maximum Gasteiger partial charge on any atom is 0.326 e. The maximum atomic E-state index is 11.5. The summed E-state index contributed by atoms with van der Waals surface area (Å²) in [5, 5.41) is 20.8. The summed E-state index contributed by atoms with van der Waals surface area (Å²) in [6, 6.07) is 3.58. The third-order valence-electron chi connectivity index (χ3n) is 3.63. The number of nitro groups is 1. The zero-order valence-corrected chi connectivity index (χ0v) is 11.7. The van der Waals surface area contributed by atoms with E-state index in [1.807, 2.05) is 6.92 Å². The fraction of sp³-hybridized carbons (Fsp3) is 0.462. The molecule has 2 atom stereocenters. The predicted octanol–water partition coefficient (Wildman–Crippen LogP) is 2.94. The second kappa shape index (κ2) is 5.66. The minimum atomic E-state index is -0.957. The summed E-state index contributed by atoms with van der Waals surface area (Å²) in [4.78, 5) is 23.7. The number of rotatable bonds is 3. The highest BCUT2D eigenvalue weighted by molar-refractivity contribution is 6.30. The molecule has 1 aromatic rings. The molecule has 0 aliphatic carbocycles. The fourth-order valence-corrected chi connectivity index (χ4v) is 2.89. The van der Waals surface area contributed by atoms with Gasteiger partial charge in [0.1, 0.15) is 11.7 Å². The van der Waals surface area contributed by atoms with Crippen molar-refractivity contribution in [1.82, 2.24) is 0 Å². The minimum Gasteiger partial charge on any atom is -0.480 e. The Balaban J connectivity index is 2.48. The lowest BCUT2D eigenvalue weighted by molar-refractivity contribution is -0.384. The summed E-state index contributed by atoms with van der Waals surface area (Å²) in [7, 11) is 0. The van der Waals surface area contributed by atoms with Crippen LogP contribution < -0.4 is 4.90 Å². The van der Waals surface area contributed by atoms with Gasteiger partial charge in [0.2, 0.25) is 0 Å². The first kappa shape index (κ1) is 14.6. The van der Waals surface area contributed by atoms with Gasteiger partial charge >= 0.3 is 5.97 Å². The van der Waals surface area contributed by atoms with E-state index in [4.69, 9.17) is 11.6 Å². The van der Waals surface area contributed by atoms with Crippen LogP contribution in [-0.4, -0.2) is 28.6 Å². The summed E-state index contributed by atoms with van der Waals surface area (Å²) in [6.07, 6.45) is 1.61. The van der Waals surface area contributed by atoms with Gasteiger partial charge in [0, 0.05) is 17.6 Å². The Kier molecular flexibility index (Phi) is 4.13. The van der Waals surface area contributed by atoms with E-state index in [0.29, 0.717) is 12.2 Å². The molecule has 7 heteroatoms. The Bertz CT molecular complexity index is 549. The van der Waals surface area contributed by atoms with Crippen LogP contribution >= 0.6 is 11.6 Å². The number of piperidine rings is 1. The Morgan fingerprint density at radius 1 is 1.55 bits per heavy atom. The topological polar surface area (TPSA) is 83.7 Å². The fourth-order valence-electron chi connectivity index (χ4n) is 2.72. The molecule has 0 bridgehead atoms. The minimum absolute atomic E-state index is 0.0588. The lowest BCUT2D eigenvalue weighted by Gasteiger charge is -2.38. The number of carbonyl (C=O) groups is 1. The summed E-state index contributed by atoms with van der Waals surface area (Å²) < 4.78 is 0. The molecule has 108 valence electrons. The van der Waals surface area contributed by atoms with E-state index >= 15 is 0 Å². The highest BCUT2D eigenvalue weighted by atomic mass is 35.5. The lowest BCUT2D eigenvalue weighted by atomic mass is 9.90. The SMILES string of the molecule is CC1CCCN(c2ccc(Cl)cc2[N+](=O)[O-])C1C(=O)O. The van der Waals surface area contributed by atoms with Crippen molar-refractivity contribution in [3.05, 3.63) is 33.3 Å². The van der Waals surface area contributed by atoms with Gasteiger partial charge in [-0.15, -0.1) is 0 Å². The standard InChI is InChI=1S/C13H15ClN2O4/c1-8-3-2-6-15(12(8)13(17)18)10-5-4-9(14)7-11(10)16(19)20/h4-5,7-8,12H,2-3,6H2,1H3,(H,17,18). The molecular formula is C13H15ClN2O4. The molecule has 1 aromatic carbocycles. The van der Waals surface area contributed by atoms with Crippen molar-refractivity contribution in [3.8, 4) is 0 Å². The summed E-state index contributed by atoms with van der Waals surface area (Å²) in [5.41, 5.74) is 0.163. The highest BCUT2D eigenvalue weighted by Gasteiger charge is 2.37. The van der Waals surface area contributed by atoms with Crippen molar-refractivity contribution < 1.29 is 14.8 Å².